The maximum Gasteiger partial charge on any atom is 0.268 e. The molecular formula is C15H17FN2O. The van der Waals surface area contributed by atoms with Gasteiger partial charge in [0.05, 0.1) is 5.52 Å². The zero-order chi connectivity index (χ0) is 13.6. The summed E-state index contributed by atoms with van der Waals surface area (Å²) in [6, 6.07) is 4.90. The van der Waals surface area contributed by atoms with Crippen molar-refractivity contribution in [1.29, 1.82) is 0 Å². The van der Waals surface area contributed by atoms with E-state index in [-0.39, 0.29) is 11.7 Å². The van der Waals surface area contributed by atoms with Gasteiger partial charge in [-0.1, -0.05) is 13.8 Å². The van der Waals surface area contributed by atoms with Crippen LogP contribution in [0.1, 0.15) is 29.9 Å². The quantitative estimate of drug-likeness (QED) is 0.885. The van der Waals surface area contributed by atoms with Crippen LogP contribution in [-0.4, -0.2) is 17.0 Å². The van der Waals surface area contributed by atoms with E-state index in [0.717, 1.165) is 29.4 Å². The molecule has 1 aliphatic heterocycles. The molecule has 0 unspecified atom stereocenters. The largest absolute Gasteiger partial charge is 0.349 e. The van der Waals surface area contributed by atoms with Crippen molar-refractivity contribution >= 4 is 16.8 Å². The fraction of sp³-hybridized carbons (Fsp3) is 0.400. The average molecular weight is 260 g/mol. The molecule has 0 bridgehead atoms. The number of hydrogen-bond donors (Lipinski definition) is 1. The van der Waals surface area contributed by atoms with Gasteiger partial charge in [0, 0.05) is 18.5 Å². The lowest BCUT2D eigenvalue weighted by atomic mass is 10.0. The summed E-state index contributed by atoms with van der Waals surface area (Å²) in [6.07, 6.45) is 0.819. The molecule has 0 spiro atoms. The van der Waals surface area contributed by atoms with Gasteiger partial charge in [-0.2, -0.15) is 0 Å². The van der Waals surface area contributed by atoms with E-state index in [1.165, 1.54) is 6.07 Å². The molecule has 0 radical (unpaired) electrons. The molecule has 1 amide bonds. The number of nitrogens with zero attached hydrogens (tertiary/aromatic N) is 1. The van der Waals surface area contributed by atoms with Crippen molar-refractivity contribution in [2.75, 3.05) is 6.54 Å². The Hall–Kier alpha value is -1.84. The van der Waals surface area contributed by atoms with Gasteiger partial charge >= 0.3 is 0 Å². The number of rotatable bonds is 2. The summed E-state index contributed by atoms with van der Waals surface area (Å²) in [5.74, 6) is 0.151. The molecule has 0 atom stereocenters. The monoisotopic (exact) mass is 260 g/mol. The van der Waals surface area contributed by atoms with Gasteiger partial charge in [0.2, 0.25) is 0 Å². The Kier molecular flexibility index (Phi) is 2.81. The zero-order valence-electron chi connectivity index (χ0n) is 11.2. The molecule has 2 heterocycles. The van der Waals surface area contributed by atoms with Crippen molar-refractivity contribution in [3.05, 3.63) is 35.3 Å². The summed E-state index contributed by atoms with van der Waals surface area (Å²) in [6.45, 7) is 5.61. The van der Waals surface area contributed by atoms with Crippen molar-refractivity contribution in [2.45, 2.75) is 26.8 Å². The number of carbonyl (C=O) groups is 1. The molecule has 1 aliphatic rings. The first-order valence-corrected chi connectivity index (χ1v) is 6.66. The topological polar surface area (TPSA) is 34.0 Å². The van der Waals surface area contributed by atoms with Crippen LogP contribution in [0.15, 0.2) is 18.2 Å². The molecule has 4 heteroatoms. The smallest absolute Gasteiger partial charge is 0.268 e. The number of amides is 1. The molecule has 0 saturated carbocycles. The minimum absolute atomic E-state index is 0.0710. The van der Waals surface area contributed by atoms with Gasteiger partial charge < -0.3 is 9.88 Å². The highest BCUT2D eigenvalue weighted by molar-refractivity contribution is 6.00. The summed E-state index contributed by atoms with van der Waals surface area (Å²) in [7, 11) is 0. The SMILES string of the molecule is CC(C)Cc1cc(F)cc2cc3n(c12)CCNC3=O. The van der Waals surface area contributed by atoms with E-state index in [1.807, 2.05) is 4.57 Å². The molecule has 3 rings (SSSR count). The molecule has 100 valence electrons. The van der Waals surface area contributed by atoms with E-state index in [9.17, 15) is 9.18 Å². The molecule has 1 aromatic heterocycles. The highest BCUT2D eigenvalue weighted by Crippen LogP contribution is 2.28. The summed E-state index contributed by atoms with van der Waals surface area (Å²) in [4.78, 5) is 11.8. The van der Waals surface area contributed by atoms with Crippen molar-refractivity contribution in [3.8, 4) is 0 Å². The third-order valence-electron chi connectivity index (χ3n) is 3.52. The lowest BCUT2D eigenvalue weighted by Gasteiger charge is -2.18. The third kappa shape index (κ3) is 2.01. The highest BCUT2D eigenvalue weighted by Gasteiger charge is 2.21. The summed E-state index contributed by atoms with van der Waals surface area (Å²) >= 11 is 0. The second kappa shape index (κ2) is 4.37. The van der Waals surface area contributed by atoms with E-state index in [2.05, 4.69) is 19.2 Å². The lowest BCUT2D eigenvalue weighted by molar-refractivity contribution is 0.0929. The second-order valence-corrected chi connectivity index (χ2v) is 5.54. The molecule has 0 saturated heterocycles. The highest BCUT2D eigenvalue weighted by atomic mass is 19.1. The van der Waals surface area contributed by atoms with Crippen molar-refractivity contribution < 1.29 is 9.18 Å². The molecule has 3 nitrogen and oxygen atoms in total. The fourth-order valence-corrected chi connectivity index (χ4v) is 2.85. The van der Waals surface area contributed by atoms with Crippen LogP contribution in [0.5, 0.6) is 0 Å². The van der Waals surface area contributed by atoms with Gasteiger partial charge in [0.1, 0.15) is 11.5 Å². The predicted octanol–water partition coefficient (Wildman–Crippen LogP) is 2.72. The van der Waals surface area contributed by atoms with Crippen LogP contribution in [0.3, 0.4) is 0 Å². The molecule has 1 N–H and O–H groups in total. The lowest BCUT2D eigenvalue weighted by Crippen LogP contribution is -2.35. The number of hydrogen-bond acceptors (Lipinski definition) is 1. The Morgan fingerprint density at radius 2 is 2.16 bits per heavy atom. The second-order valence-electron chi connectivity index (χ2n) is 5.54. The average Bonchev–Trinajstić information content (AvgIpc) is 2.67. The van der Waals surface area contributed by atoms with Gasteiger partial charge in [-0.15, -0.1) is 0 Å². The standard InChI is InChI=1S/C15H17FN2O/c1-9(2)5-10-6-12(16)7-11-8-13-15(19)17-3-4-18(13)14(10)11/h6-9H,3-5H2,1-2H3,(H,17,19). The van der Waals surface area contributed by atoms with E-state index in [4.69, 9.17) is 0 Å². The Morgan fingerprint density at radius 3 is 2.89 bits per heavy atom. The number of nitrogens with one attached hydrogen (secondary N) is 1. The molecule has 19 heavy (non-hydrogen) atoms. The number of fused-ring (bicyclic) bond motifs is 3. The molecule has 0 fully saturated rings. The summed E-state index contributed by atoms with van der Waals surface area (Å²) in [5, 5.41) is 3.64. The fourth-order valence-electron chi connectivity index (χ4n) is 2.85. The van der Waals surface area contributed by atoms with Crippen molar-refractivity contribution in [3.63, 3.8) is 0 Å². The number of halogens is 1. The van der Waals surface area contributed by atoms with E-state index in [0.29, 0.717) is 18.2 Å². The van der Waals surface area contributed by atoms with Crippen LogP contribution in [0, 0.1) is 11.7 Å². The first kappa shape index (κ1) is 12.2. The zero-order valence-corrected chi connectivity index (χ0v) is 11.2. The predicted molar refractivity (Wildman–Crippen MR) is 72.8 cm³/mol. The van der Waals surface area contributed by atoms with Crippen LogP contribution < -0.4 is 5.32 Å². The Balaban J connectivity index is 2.27. The van der Waals surface area contributed by atoms with E-state index in [1.54, 1.807) is 12.1 Å². The van der Waals surface area contributed by atoms with Gasteiger partial charge in [-0.3, -0.25) is 4.79 Å². The van der Waals surface area contributed by atoms with Gasteiger partial charge in [0.25, 0.3) is 5.91 Å². The van der Waals surface area contributed by atoms with Crippen LogP contribution in [0.4, 0.5) is 4.39 Å². The Bertz CT molecular complexity index is 658. The minimum atomic E-state index is -0.230. The first-order valence-electron chi connectivity index (χ1n) is 6.66. The van der Waals surface area contributed by atoms with Crippen LogP contribution >= 0.6 is 0 Å². The maximum atomic E-state index is 13.7. The van der Waals surface area contributed by atoms with Gasteiger partial charge in [-0.05, 0) is 36.1 Å². The van der Waals surface area contributed by atoms with Gasteiger partial charge in [-0.25, -0.2) is 4.39 Å². The molecular weight excluding hydrogens is 243 g/mol. The number of carbonyl (C=O) groups excluding carboxylic acids is 1. The Morgan fingerprint density at radius 1 is 1.37 bits per heavy atom. The third-order valence-corrected chi connectivity index (χ3v) is 3.52. The van der Waals surface area contributed by atoms with E-state index < -0.39 is 0 Å². The molecule has 2 aromatic rings. The van der Waals surface area contributed by atoms with Crippen LogP contribution in [-0.2, 0) is 13.0 Å². The first-order chi connectivity index (χ1) is 9.06. The summed E-state index contributed by atoms with van der Waals surface area (Å²) in [5.41, 5.74) is 2.64. The van der Waals surface area contributed by atoms with Crippen molar-refractivity contribution in [1.82, 2.24) is 9.88 Å². The Labute approximate surface area is 111 Å². The number of aromatic nitrogens is 1. The summed E-state index contributed by atoms with van der Waals surface area (Å²) < 4.78 is 15.7. The maximum absolute atomic E-state index is 13.7. The number of benzene rings is 1. The van der Waals surface area contributed by atoms with Crippen LogP contribution in [0.2, 0.25) is 0 Å². The van der Waals surface area contributed by atoms with Crippen LogP contribution in [0.25, 0.3) is 10.9 Å². The normalized spacial score (nSPS) is 14.8. The van der Waals surface area contributed by atoms with Gasteiger partial charge in [0.15, 0.2) is 0 Å². The molecule has 0 aliphatic carbocycles. The van der Waals surface area contributed by atoms with Crippen molar-refractivity contribution in [2.24, 2.45) is 5.92 Å². The molecule has 1 aromatic carbocycles. The van der Waals surface area contributed by atoms with E-state index >= 15 is 0 Å². The minimum Gasteiger partial charge on any atom is -0.349 e.